The number of hydroxylamine groups is 1. The van der Waals surface area contributed by atoms with E-state index in [-0.39, 0.29) is 12.7 Å². The summed E-state index contributed by atoms with van der Waals surface area (Å²) in [6, 6.07) is 5.53. The molecule has 0 bridgehead atoms. The first kappa shape index (κ1) is 16.4. The molecule has 1 aromatic rings. The molecular formula is C15H18ClN2O4+. The lowest BCUT2D eigenvalue weighted by Gasteiger charge is -2.08. The van der Waals surface area contributed by atoms with Crippen LogP contribution < -0.4 is 20.3 Å². The van der Waals surface area contributed by atoms with Crippen LogP contribution in [-0.4, -0.2) is 19.8 Å². The fraction of sp³-hybridized carbons (Fsp3) is 0.267. The Kier molecular flexibility index (Phi) is 5.83. The van der Waals surface area contributed by atoms with Crippen molar-refractivity contribution in [2.24, 2.45) is 0 Å². The number of benzene rings is 1. The van der Waals surface area contributed by atoms with Crippen LogP contribution in [0.4, 0.5) is 0 Å². The van der Waals surface area contributed by atoms with Gasteiger partial charge < -0.3 is 14.8 Å². The Morgan fingerprint density at radius 2 is 2.23 bits per heavy atom. The molecule has 1 aliphatic rings. The molecule has 2 rings (SSSR count). The summed E-state index contributed by atoms with van der Waals surface area (Å²) >= 11 is 6.04. The van der Waals surface area contributed by atoms with E-state index in [0.717, 1.165) is 5.56 Å². The summed E-state index contributed by atoms with van der Waals surface area (Å²) in [6.07, 6.45) is 3.17. The van der Waals surface area contributed by atoms with E-state index in [4.69, 9.17) is 25.9 Å². The average molecular weight is 326 g/mol. The number of hydrogen-bond acceptors (Lipinski definition) is 4. The summed E-state index contributed by atoms with van der Waals surface area (Å²) in [6.45, 7) is 2.34. The Morgan fingerprint density at radius 1 is 1.45 bits per heavy atom. The lowest BCUT2D eigenvalue weighted by atomic mass is 10.2. The Morgan fingerprint density at radius 3 is 2.95 bits per heavy atom. The van der Waals surface area contributed by atoms with Crippen molar-refractivity contribution in [3.63, 3.8) is 0 Å². The second-order valence-corrected chi connectivity index (χ2v) is 4.87. The molecule has 0 spiro atoms. The van der Waals surface area contributed by atoms with Gasteiger partial charge in [-0.25, -0.2) is 4.84 Å². The van der Waals surface area contributed by atoms with Crippen molar-refractivity contribution < 1.29 is 24.6 Å². The van der Waals surface area contributed by atoms with Gasteiger partial charge in [0.15, 0.2) is 11.5 Å². The number of nitrogens with one attached hydrogen (secondary N) is 1. The number of rotatable bonds is 6. The van der Waals surface area contributed by atoms with Crippen LogP contribution in [0.2, 0.25) is 0 Å². The first-order valence-electron chi connectivity index (χ1n) is 6.71. The molecule has 6 nitrogen and oxygen atoms in total. The van der Waals surface area contributed by atoms with Crippen molar-refractivity contribution in [3.05, 3.63) is 46.6 Å². The molecule has 1 aliphatic heterocycles. The van der Waals surface area contributed by atoms with Gasteiger partial charge in [0.2, 0.25) is 6.79 Å². The minimum absolute atomic E-state index is 0.224. The molecule has 0 radical (unpaired) electrons. The summed E-state index contributed by atoms with van der Waals surface area (Å²) in [4.78, 5) is 17.1. The molecule has 1 amide bonds. The van der Waals surface area contributed by atoms with Crippen molar-refractivity contribution in [3.8, 4) is 11.5 Å². The highest BCUT2D eigenvalue weighted by Gasteiger charge is 2.16. The molecule has 1 heterocycles. The van der Waals surface area contributed by atoms with Crippen LogP contribution in [0.25, 0.3) is 0 Å². The lowest BCUT2D eigenvalue weighted by molar-refractivity contribution is -0.842. The van der Waals surface area contributed by atoms with Crippen molar-refractivity contribution in [1.29, 1.82) is 0 Å². The maximum Gasteiger partial charge on any atom is 0.258 e. The van der Waals surface area contributed by atoms with E-state index in [2.05, 4.69) is 5.32 Å². The number of hydrogen-bond donors (Lipinski definition) is 2. The minimum Gasteiger partial charge on any atom is -0.454 e. The number of carbonyl (C=O) groups is 1. The third kappa shape index (κ3) is 4.00. The van der Waals surface area contributed by atoms with Crippen molar-refractivity contribution in [2.45, 2.75) is 13.5 Å². The highest BCUT2D eigenvalue weighted by molar-refractivity contribution is 6.35. The van der Waals surface area contributed by atoms with Gasteiger partial charge in [0, 0.05) is 6.54 Å². The summed E-state index contributed by atoms with van der Waals surface area (Å²) in [5.41, 5.74) is 2.65. The number of allylic oxidation sites excluding steroid dienone is 1. The molecule has 0 saturated heterocycles. The standard InChI is InChI=1S/C15H17ClN2O4/c1-3-12(16)11(8-18-20-2)15(19)17-7-10-4-5-13-14(6-10)22-9-21-13/h3-6,8,18H,7,9H2,1-2H3,(H,17,19)/p+1/b11-8+,12-3+. The second kappa shape index (κ2) is 7.84. The maximum absolute atomic E-state index is 12.2. The third-order valence-electron chi connectivity index (χ3n) is 3.02. The van der Waals surface area contributed by atoms with E-state index in [0.29, 0.717) is 28.6 Å². The highest BCUT2D eigenvalue weighted by atomic mass is 35.5. The van der Waals surface area contributed by atoms with Crippen LogP contribution in [0, 0.1) is 0 Å². The van der Waals surface area contributed by atoms with Crippen LogP contribution in [0.3, 0.4) is 0 Å². The molecule has 0 fully saturated rings. The van der Waals surface area contributed by atoms with Gasteiger partial charge in [-0.05, 0) is 24.6 Å². The summed E-state index contributed by atoms with van der Waals surface area (Å²) < 4.78 is 10.5. The molecule has 0 aromatic heterocycles. The monoisotopic (exact) mass is 325 g/mol. The first-order chi connectivity index (χ1) is 10.7. The molecule has 0 unspecified atom stereocenters. The molecule has 118 valence electrons. The van der Waals surface area contributed by atoms with Crippen molar-refractivity contribution in [1.82, 2.24) is 5.32 Å². The Hall–Kier alpha value is -2.02. The maximum atomic E-state index is 12.2. The van der Waals surface area contributed by atoms with Gasteiger partial charge in [0.25, 0.3) is 5.91 Å². The second-order valence-electron chi connectivity index (χ2n) is 4.46. The van der Waals surface area contributed by atoms with Gasteiger partial charge >= 0.3 is 0 Å². The topological polar surface area (TPSA) is 73.4 Å². The van der Waals surface area contributed by atoms with Gasteiger partial charge in [0.1, 0.15) is 11.8 Å². The van der Waals surface area contributed by atoms with Crippen LogP contribution in [-0.2, 0) is 16.2 Å². The third-order valence-corrected chi connectivity index (χ3v) is 3.44. The fourth-order valence-electron chi connectivity index (χ4n) is 1.88. The van der Waals surface area contributed by atoms with Crippen molar-refractivity contribution in [2.75, 3.05) is 13.9 Å². The quantitative estimate of drug-likeness (QED) is 0.468. The molecule has 0 atom stereocenters. The minimum atomic E-state index is -0.283. The number of ether oxygens (including phenoxy) is 2. The smallest absolute Gasteiger partial charge is 0.258 e. The number of quaternary nitrogens is 1. The van der Waals surface area contributed by atoms with E-state index >= 15 is 0 Å². The van der Waals surface area contributed by atoms with Crippen molar-refractivity contribution >= 4 is 17.5 Å². The molecule has 3 N–H and O–H groups in total. The number of carbonyl (C=O) groups excluding carboxylic acids is 1. The molecule has 1 aromatic carbocycles. The summed E-state index contributed by atoms with van der Waals surface area (Å²) in [7, 11) is 1.50. The molecule has 0 saturated carbocycles. The number of amides is 1. The lowest BCUT2D eigenvalue weighted by Crippen LogP contribution is -2.76. The summed E-state index contributed by atoms with van der Waals surface area (Å²) in [5, 5.41) is 3.17. The Bertz CT molecular complexity index is 614. The molecule has 7 heteroatoms. The molecule has 0 aliphatic carbocycles. The predicted molar refractivity (Wildman–Crippen MR) is 81.0 cm³/mol. The largest absolute Gasteiger partial charge is 0.454 e. The fourth-order valence-corrected chi connectivity index (χ4v) is 2.03. The highest BCUT2D eigenvalue weighted by Crippen LogP contribution is 2.32. The van der Waals surface area contributed by atoms with E-state index in [1.54, 1.807) is 13.0 Å². The van der Waals surface area contributed by atoms with Gasteiger partial charge in [-0.2, -0.15) is 5.48 Å². The molecular weight excluding hydrogens is 308 g/mol. The SMILES string of the molecule is C/C=C(Cl)\C(=C/[NH2+]OC)C(=O)NCc1ccc2c(c1)OCO2. The summed E-state index contributed by atoms with van der Waals surface area (Å²) in [5.74, 6) is 1.11. The number of halogens is 1. The van der Waals surface area contributed by atoms with Gasteiger partial charge in [-0.3, -0.25) is 4.79 Å². The Labute approximate surface area is 133 Å². The van der Waals surface area contributed by atoms with Gasteiger partial charge in [0.05, 0.1) is 12.1 Å². The zero-order chi connectivity index (χ0) is 15.9. The number of fused-ring (bicyclic) bond motifs is 1. The van der Waals surface area contributed by atoms with Crippen LogP contribution in [0.5, 0.6) is 11.5 Å². The Balaban J connectivity index is 2.01. The van der Waals surface area contributed by atoms with E-state index < -0.39 is 0 Å². The zero-order valence-corrected chi connectivity index (χ0v) is 13.1. The van der Waals surface area contributed by atoms with E-state index in [9.17, 15) is 4.79 Å². The average Bonchev–Trinajstić information content (AvgIpc) is 3.00. The van der Waals surface area contributed by atoms with Crippen LogP contribution in [0.1, 0.15) is 12.5 Å². The van der Waals surface area contributed by atoms with Gasteiger partial charge in [-0.15, -0.1) is 0 Å². The van der Waals surface area contributed by atoms with Gasteiger partial charge in [-0.1, -0.05) is 23.7 Å². The van der Waals surface area contributed by atoms with Crippen LogP contribution in [0.15, 0.2) is 41.1 Å². The first-order valence-corrected chi connectivity index (χ1v) is 7.08. The predicted octanol–water partition coefficient (Wildman–Crippen LogP) is 1.18. The van der Waals surface area contributed by atoms with E-state index in [1.165, 1.54) is 18.8 Å². The van der Waals surface area contributed by atoms with E-state index in [1.807, 2.05) is 18.2 Å². The van der Waals surface area contributed by atoms with Crippen LogP contribution >= 0.6 is 11.6 Å². The molecule has 22 heavy (non-hydrogen) atoms. The normalized spacial score (nSPS) is 14.1. The zero-order valence-electron chi connectivity index (χ0n) is 12.4. The number of nitrogens with two attached hydrogens (primary N) is 1.